The number of rotatable bonds is 5. The summed E-state index contributed by atoms with van der Waals surface area (Å²) in [6, 6.07) is 0. The van der Waals surface area contributed by atoms with Gasteiger partial charge in [-0.3, -0.25) is 9.78 Å². The van der Waals surface area contributed by atoms with Gasteiger partial charge in [0, 0.05) is 12.7 Å². The Morgan fingerprint density at radius 2 is 2.39 bits per heavy atom. The molecule has 0 saturated carbocycles. The van der Waals surface area contributed by atoms with Crippen LogP contribution in [0.2, 0.25) is 5.02 Å². The molecule has 2 heterocycles. The number of aliphatic hydroxyl groups excluding tert-OH is 1. The summed E-state index contributed by atoms with van der Waals surface area (Å²) in [5, 5.41) is 21.1. The Bertz CT molecular complexity index is 524. The van der Waals surface area contributed by atoms with Crippen LogP contribution in [0, 0.1) is 0 Å². The fraction of sp³-hybridized carbons (Fsp3) is 0.400. The quantitative estimate of drug-likeness (QED) is 0.738. The minimum absolute atomic E-state index is 0.304. The number of aromatic nitrogens is 4. The van der Waals surface area contributed by atoms with Crippen molar-refractivity contribution in [3.8, 4) is 0 Å². The number of methoxy groups -OCH3 is 1. The molecule has 0 fully saturated rings. The Balaban J connectivity index is 2.32. The average molecular weight is 272 g/mol. The molecule has 0 aliphatic carbocycles. The molecule has 0 aromatic carbocycles. The minimum atomic E-state index is -0.976. The van der Waals surface area contributed by atoms with Crippen LogP contribution >= 0.6 is 11.6 Å². The standard InChI is InChI=1S/C10H14ClN5O2/c1-18-3-2-16-8(7(11)5-14-16)9(17)6-4-13-15-10(6)12/h4-5,9,17H,2-3H2,1H3,(H3,12,13,15). The highest BCUT2D eigenvalue weighted by molar-refractivity contribution is 6.31. The predicted octanol–water partition coefficient (Wildman–Crippen LogP) is 0.570. The molecule has 1 unspecified atom stereocenters. The monoisotopic (exact) mass is 271 g/mol. The second-order valence-electron chi connectivity index (χ2n) is 3.74. The maximum absolute atomic E-state index is 10.3. The van der Waals surface area contributed by atoms with E-state index in [0.29, 0.717) is 35.2 Å². The maximum atomic E-state index is 10.3. The number of halogens is 1. The van der Waals surface area contributed by atoms with Crippen molar-refractivity contribution in [1.29, 1.82) is 0 Å². The van der Waals surface area contributed by atoms with E-state index in [0.717, 1.165) is 0 Å². The van der Waals surface area contributed by atoms with Gasteiger partial charge in [-0.2, -0.15) is 10.2 Å². The third-order valence-electron chi connectivity index (χ3n) is 2.59. The van der Waals surface area contributed by atoms with Gasteiger partial charge in [0.2, 0.25) is 0 Å². The largest absolute Gasteiger partial charge is 0.384 e. The van der Waals surface area contributed by atoms with E-state index in [9.17, 15) is 5.11 Å². The summed E-state index contributed by atoms with van der Waals surface area (Å²) in [5.74, 6) is 0.304. The Morgan fingerprint density at radius 1 is 1.61 bits per heavy atom. The van der Waals surface area contributed by atoms with Crippen LogP contribution in [0.15, 0.2) is 12.4 Å². The molecule has 7 nitrogen and oxygen atoms in total. The van der Waals surface area contributed by atoms with E-state index < -0.39 is 6.10 Å². The number of hydrogen-bond acceptors (Lipinski definition) is 5. The molecule has 2 rings (SSSR count). The van der Waals surface area contributed by atoms with Crippen molar-refractivity contribution in [3.05, 3.63) is 28.7 Å². The number of nitrogen functional groups attached to an aromatic ring is 1. The van der Waals surface area contributed by atoms with Crippen molar-refractivity contribution in [2.45, 2.75) is 12.6 Å². The third kappa shape index (κ3) is 2.33. The van der Waals surface area contributed by atoms with Crippen molar-refractivity contribution in [1.82, 2.24) is 20.0 Å². The number of ether oxygens (including phenoxy) is 1. The smallest absolute Gasteiger partial charge is 0.127 e. The number of nitrogens with zero attached hydrogens (tertiary/aromatic N) is 3. The summed E-state index contributed by atoms with van der Waals surface area (Å²) in [6.45, 7) is 0.964. The van der Waals surface area contributed by atoms with Gasteiger partial charge in [0.15, 0.2) is 0 Å². The molecule has 0 radical (unpaired) electrons. The number of nitrogens with one attached hydrogen (secondary N) is 1. The lowest BCUT2D eigenvalue weighted by molar-refractivity contribution is 0.171. The highest BCUT2D eigenvalue weighted by atomic mass is 35.5. The van der Waals surface area contributed by atoms with E-state index in [-0.39, 0.29) is 0 Å². The zero-order valence-corrected chi connectivity index (χ0v) is 10.6. The van der Waals surface area contributed by atoms with Crippen LogP contribution < -0.4 is 5.73 Å². The first kappa shape index (κ1) is 12.9. The normalized spacial score (nSPS) is 12.8. The van der Waals surface area contributed by atoms with E-state index in [4.69, 9.17) is 22.1 Å². The van der Waals surface area contributed by atoms with E-state index in [1.165, 1.54) is 12.4 Å². The summed E-state index contributed by atoms with van der Waals surface area (Å²) in [6.07, 6.45) is 1.96. The maximum Gasteiger partial charge on any atom is 0.127 e. The average Bonchev–Trinajstić information content (AvgIpc) is 2.92. The summed E-state index contributed by atoms with van der Waals surface area (Å²) in [4.78, 5) is 0. The van der Waals surface area contributed by atoms with Gasteiger partial charge in [-0.15, -0.1) is 0 Å². The van der Waals surface area contributed by atoms with Crippen LogP contribution in [0.1, 0.15) is 17.4 Å². The molecule has 98 valence electrons. The lowest BCUT2D eigenvalue weighted by Crippen LogP contribution is -2.14. The lowest BCUT2D eigenvalue weighted by Gasteiger charge is -2.13. The predicted molar refractivity (Wildman–Crippen MR) is 66.2 cm³/mol. The van der Waals surface area contributed by atoms with Crippen LogP contribution in [-0.2, 0) is 11.3 Å². The first-order valence-electron chi connectivity index (χ1n) is 5.32. The molecule has 18 heavy (non-hydrogen) atoms. The van der Waals surface area contributed by atoms with E-state index >= 15 is 0 Å². The minimum Gasteiger partial charge on any atom is -0.384 e. The third-order valence-corrected chi connectivity index (χ3v) is 2.88. The van der Waals surface area contributed by atoms with Crippen molar-refractivity contribution in [2.75, 3.05) is 19.5 Å². The van der Waals surface area contributed by atoms with Crippen LogP contribution in [0.25, 0.3) is 0 Å². The summed E-state index contributed by atoms with van der Waals surface area (Å²) in [5.41, 5.74) is 6.61. The van der Waals surface area contributed by atoms with Crippen molar-refractivity contribution >= 4 is 17.4 Å². The molecule has 8 heteroatoms. The van der Waals surface area contributed by atoms with Crippen LogP contribution in [0.4, 0.5) is 5.82 Å². The Morgan fingerprint density at radius 3 is 3.00 bits per heavy atom. The van der Waals surface area contributed by atoms with Gasteiger partial charge < -0.3 is 15.6 Å². The van der Waals surface area contributed by atoms with Gasteiger partial charge in [-0.25, -0.2) is 0 Å². The first-order chi connectivity index (χ1) is 8.65. The van der Waals surface area contributed by atoms with Crippen LogP contribution in [0.5, 0.6) is 0 Å². The molecular formula is C10H14ClN5O2. The number of hydrogen-bond donors (Lipinski definition) is 3. The molecule has 0 saturated heterocycles. The van der Waals surface area contributed by atoms with Gasteiger partial charge in [0.25, 0.3) is 0 Å². The molecule has 2 aromatic rings. The Kier molecular flexibility index (Phi) is 3.85. The van der Waals surface area contributed by atoms with Gasteiger partial charge in [0.05, 0.1) is 36.3 Å². The Labute approximate surface area is 109 Å². The van der Waals surface area contributed by atoms with Crippen LogP contribution in [-0.4, -0.2) is 38.8 Å². The fourth-order valence-electron chi connectivity index (χ4n) is 1.67. The van der Waals surface area contributed by atoms with Gasteiger partial charge in [0.1, 0.15) is 11.9 Å². The molecule has 0 bridgehead atoms. The van der Waals surface area contributed by atoms with Crippen molar-refractivity contribution in [3.63, 3.8) is 0 Å². The van der Waals surface area contributed by atoms with Gasteiger partial charge in [-0.05, 0) is 0 Å². The van der Waals surface area contributed by atoms with E-state index in [2.05, 4.69) is 15.3 Å². The van der Waals surface area contributed by atoms with E-state index in [1.807, 2.05) is 0 Å². The van der Waals surface area contributed by atoms with Crippen molar-refractivity contribution < 1.29 is 9.84 Å². The summed E-state index contributed by atoms with van der Waals surface area (Å²) < 4.78 is 6.56. The summed E-state index contributed by atoms with van der Waals surface area (Å²) >= 11 is 6.03. The zero-order chi connectivity index (χ0) is 13.1. The van der Waals surface area contributed by atoms with E-state index in [1.54, 1.807) is 11.8 Å². The fourth-order valence-corrected chi connectivity index (χ4v) is 1.91. The highest BCUT2D eigenvalue weighted by Crippen LogP contribution is 2.30. The topological polar surface area (TPSA) is 102 Å². The lowest BCUT2D eigenvalue weighted by atomic mass is 10.1. The SMILES string of the molecule is COCCn1ncc(Cl)c1C(O)c1cn[nH]c1N. The first-order valence-corrected chi connectivity index (χ1v) is 5.70. The van der Waals surface area contributed by atoms with Crippen LogP contribution in [0.3, 0.4) is 0 Å². The number of H-pyrrole nitrogens is 1. The number of anilines is 1. The molecule has 2 aromatic heterocycles. The molecule has 4 N–H and O–H groups in total. The van der Waals surface area contributed by atoms with Gasteiger partial charge >= 0.3 is 0 Å². The number of nitrogens with two attached hydrogens (primary N) is 1. The molecule has 1 atom stereocenters. The second kappa shape index (κ2) is 5.38. The molecular weight excluding hydrogens is 258 g/mol. The Hall–Kier alpha value is -1.57. The number of aliphatic hydroxyl groups is 1. The molecule has 0 spiro atoms. The summed E-state index contributed by atoms with van der Waals surface area (Å²) in [7, 11) is 1.59. The zero-order valence-electron chi connectivity index (χ0n) is 9.80. The molecule has 0 aliphatic rings. The number of aromatic amines is 1. The van der Waals surface area contributed by atoms with Crippen molar-refractivity contribution in [2.24, 2.45) is 0 Å². The second-order valence-corrected chi connectivity index (χ2v) is 4.14. The molecule has 0 aliphatic heterocycles. The highest BCUT2D eigenvalue weighted by Gasteiger charge is 2.22. The van der Waals surface area contributed by atoms with Gasteiger partial charge in [-0.1, -0.05) is 11.6 Å². The molecule has 0 amide bonds.